The zero-order valence-electron chi connectivity index (χ0n) is 19.7. The molecule has 34 heavy (non-hydrogen) atoms. The number of carbonyl (C=O) groups excluding carboxylic acids is 2. The Labute approximate surface area is 204 Å². The van der Waals surface area contributed by atoms with Gasteiger partial charge in [0.15, 0.2) is 0 Å². The van der Waals surface area contributed by atoms with Gasteiger partial charge in [-0.1, -0.05) is 19.1 Å². The van der Waals surface area contributed by atoms with Crippen molar-refractivity contribution in [1.29, 1.82) is 0 Å². The zero-order valence-corrected chi connectivity index (χ0v) is 21.3. The van der Waals surface area contributed by atoms with Crippen molar-refractivity contribution in [3.05, 3.63) is 35.0 Å². The maximum atomic E-state index is 12.9. The SMILES string of the molecule is CCNS(=O)(=O)c1cc(CC(N)=O)ccc1-c1cnc(C2CCC(NC(=O)OC(C)C)CC2)s1. The van der Waals surface area contributed by atoms with Gasteiger partial charge in [0.05, 0.1) is 27.3 Å². The molecule has 0 saturated heterocycles. The van der Waals surface area contributed by atoms with Crippen LogP contribution in [0.2, 0.25) is 0 Å². The fourth-order valence-corrected chi connectivity index (χ4v) is 6.57. The Morgan fingerprint density at radius 3 is 2.56 bits per heavy atom. The van der Waals surface area contributed by atoms with E-state index >= 15 is 0 Å². The van der Waals surface area contributed by atoms with E-state index in [1.165, 1.54) is 17.4 Å². The van der Waals surface area contributed by atoms with E-state index in [0.29, 0.717) is 11.1 Å². The van der Waals surface area contributed by atoms with E-state index in [0.717, 1.165) is 35.6 Å². The second-order valence-corrected chi connectivity index (χ2v) is 11.5. The smallest absolute Gasteiger partial charge is 0.407 e. The summed E-state index contributed by atoms with van der Waals surface area (Å²) in [4.78, 5) is 28.6. The Morgan fingerprint density at radius 2 is 1.94 bits per heavy atom. The predicted octanol–water partition coefficient (Wildman–Crippen LogP) is 3.30. The molecule has 2 amide bonds. The van der Waals surface area contributed by atoms with Crippen molar-refractivity contribution in [1.82, 2.24) is 15.0 Å². The molecule has 4 N–H and O–H groups in total. The molecule has 1 aliphatic carbocycles. The van der Waals surface area contributed by atoms with Crippen LogP contribution < -0.4 is 15.8 Å². The van der Waals surface area contributed by atoms with E-state index in [1.54, 1.807) is 25.3 Å². The van der Waals surface area contributed by atoms with Gasteiger partial charge in [-0.25, -0.2) is 22.9 Å². The van der Waals surface area contributed by atoms with Gasteiger partial charge in [0, 0.05) is 30.3 Å². The van der Waals surface area contributed by atoms with E-state index in [9.17, 15) is 18.0 Å². The molecule has 1 aromatic carbocycles. The average Bonchev–Trinajstić information content (AvgIpc) is 3.23. The molecular formula is C23H32N4O5S2. The van der Waals surface area contributed by atoms with Crippen molar-refractivity contribution in [2.75, 3.05) is 6.54 Å². The van der Waals surface area contributed by atoms with Crippen molar-refractivity contribution in [2.45, 2.75) is 75.8 Å². The second kappa shape index (κ2) is 11.3. The van der Waals surface area contributed by atoms with Gasteiger partial charge >= 0.3 is 6.09 Å². The standard InChI is InChI=1S/C23H32N4O5S2/c1-4-26-34(30,31)20-11-15(12-21(24)28)5-10-18(20)19-13-25-22(33-19)16-6-8-17(9-7-16)27-23(29)32-14(2)3/h5,10-11,13-14,16-17,26H,4,6-9,12H2,1-3H3,(H2,24,28)(H,27,29). The summed E-state index contributed by atoms with van der Waals surface area (Å²) in [6.45, 7) is 5.59. The van der Waals surface area contributed by atoms with Crippen LogP contribution in [0, 0.1) is 0 Å². The summed E-state index contributed by atoms with van der Waals surface area (Å²) in [7, 11) is -3.77. The number of benzene rings is 1. The Bertz CT molecular complexity index is 1120. The lowest BCUT2D eigenvalue weighted by molar-refractivity contribution is -0.117. The molecule has 11 heteroatoms. The lowest BCUT2D eigenvalue weighted by Gasteiger charge is -2.28. The molecule has 0 aliphatic heterocycles. The molecule has 1 aliphatic rings. The fourth-order valence-electron chi connectivity index (χ4n) is 4.07. The summed E-state index contributed by atoms with van der Waals surface area (Å²) < 4.78 is 33.4. The number of hydrogen-bond donors (Lipinski definition) is 3. The number of carbonyl (C=O) groups is 2. The minimum atomic E-state index is -3.77. The molecule has 0 unspecified atom stereocenters. The summed E-state index contributed by atoms with van der Waals surface area (Å²) >= 11 is 1.48. The number of nitrogens with zero attached hydrogens (tertiary/aromatic N) is 1. The second-order valence-electron chi connectivity index (χ2n) is 8.68. The number of amides is 2. The minimum absolute atomic E-state index is 0.0369. The molecule has 2 aromatic rings. The van der Waals surface area contributed by atoms with Gasteiger partial charge in [0.25, 0.3) is 0 Å². The third-order valence-electron chi connectivity index (χ3n) is 5.58. The van der Waals surface area contributed by atoms with Crippen LogP contribution in [0.1, 0.15) is 62.9 Å². The number of aromatic nitrogens is 1. The zero-order chi connectivity index (χ0) is 24.9. The van der Waals surface area contributed by atoms with Gasteiger partial charge in [0.1, 0.15) is 0 Å². The maximum absolute atomic E-state index is 12.9. The van der Waals surface area contributed by atoms with Gasteiger partial charge in [-0.3, -0.25) is 4.79 Å². The first-order valence-electron chi connectivity index (χ1n) is 11.4. The Hall–Kier alpha value is -2.50. The molecule has 9 nitrogen and oxygen atoms in total. The van der Waals surface area contributed by atoms with Gasteiger partial charge in [-0.05, 0) is 51.2 Å². The quantitative estimate of drug-likeness (QED) is 0.475. The highest BCUT2D eigenvalue weighted by Gasteiger charge is 2.27. The molecule has 0 radical (unpaired) electrons. The maximum Gasteiger partial charge on any atom is 0.407 e. The van der Waals surface area contributed by atoms with Crippen LogP contribution in [-0.2, 0) is 26.0 Å². The number of nitrogens with one attached hydrogen (secondary N) is 2. The lowest BCUT2D eigenvalue weighted by atomic mass is 9.86. The first kappa shape index (κ1) is 26.1. The molecule has 1 aromatic heterocycles. The number of hydrogen-bond acceptors (Lipinski definition) is 7. The van der Waals surface area contributed by atoms with E-state index < -0.39 is 15.9 Å². The van der Waals surface area contributed by atoms with Gasteiger partial charge < -0.3 is 15.8 Å². The van der Waals surface area contributed by atoms with E-state index in [2.05, 4.69) is 15.0 Å². The van der Waals surface area contributed by atoms with Crippen LogP contribution >= 0.6 is 11.3 Å². The number of thiazole rings is 1. The third-order valence-corrected chi connectivity index (χ3v) is 8.36. The highest BCUT2D eigenvalue weighted by atomic mass is 32.2. The molecule has 1 fully saturated rings. The molecule has 0 spiro atoms. The highest BCUT2D eigenvalue weighted by molar-refractivity contribution is 7.89. The van der Waals surface area contributed by atoms with E-state index in [-0.39, 0.29) is 42.0 Å². The monoisotopic (exact) mass is 508 g/mol. The minimum Gasteiger partial charge on any atom is -0.447 e. The molecule has 1 heterocycles. The number of sulfonamides is 1. The van der Waals surface area contributed by atoms with E-state index in [1.807, 2.05) is 13.8 Å². The molecular weight excluding hydrogens is 476 g/mol. The van der Waals surface area contributed by atoms with Crippen molar-refractivity contribution in [2.24, 2.45) is 5.73 Å². The van der Waals surface area contributed by atoms with Gasteiger partial charge in [0.2, 0.25) is 15.9 Å². The fraction of sp³-hybridized carbons (Fsp3) is 0.522. The average molecular weight is 509 g/mol. The van der Waals surface area contributed by atoms with Crippen molar-refractivity contribution < 1.29 is 22.7 Å². The van der Waals surface area contributed by atoms with Crippen LogP contribution in [0.3, 0.4) is 0 Å². The Morgan fingerprint density at radius 1 is 1.24 bits per heavy atom. The number of alkyl carbamates (subject to hydrolysis) is 1. The summed E-state index contributed by atoms with van der Waals surface area (Å²) in [6, 6.07) is 5.01. The number of ether oxygens (including phenoxy) is 1. The van der Waals surface area contributed by atoms with E-state index in [4.69, 9.17) is 10.5 Å². The van der Waals surface area contributed by atoms with Crippen LogP contribution in [0.5, 0.6) is 0 Å². The normalized spacial score (nSPS) is 18.6. The summed E-state index contributed by atoms with van der Waals surface area (Å²) in [6.07, 6.45) is 4.53. The third kappa shape index (κ3) is 6.77. The van der Waals surface area contributed by atoms with Crippen LogP contribution in [0.25, 0.3) is 10.4 Å². The molecule has 0 bridgehead atoms. The van der Waals surface area contributed by atoms with Crippen LogP contribution in [0.4, 0.5) is 4.79 Å². The Kier molecular flexibility index (Phi) is 8.67. The Balaban J connectivity index is 1.77. The highest BCUT2D eigenvalue weighted by Crippen LogP contribution is 2.39. The number of primary amides is 1. The topological polar surface area (TPSA) is 140 Å². The summed E-state index contributed by atoms with van der Waals surface area (Å²) in [5.41, 5.74) is 6.38. The van der Waals surface area contributed by atoms with Crippen molar-refractivity contribution in [3.8, 4) is 10.4 Å². The largest absolute Gasteiger partial charge is 0.447 e. The predicted molar refractivity (Wildman–Crippen MR) is 131 cm³/mol. The lowest BCUT2D eigenvalue weighted by Crippen LogP contribution is -2.38. The van der Waals surface area contributed by atoms with Gasteiger partial charge in [-0.15, -0.1) is 11.3 Å². The van der Waals surface area contributed by atoms with Crippen LogP contribution in [-0.4, -0.2) is 44.1 Å². The van der Waals surface area contributed by atoms with Gasteiger partial charge in [-0.2, -0.15) is 0 Å². The van der Waals surface area contributed by atoms with Crippen molar-refractivity contribution in [3.63, 3.8) is 0 Å². The molecule has 1 saturated carbocycles. The number of rotatable bonds is 9. The van der Waals surface area contributed by atoms with Crippen LogP contribution in [0.15, 0.2) is 29.3 Å². The molecule has 3 rings (SSSR count). The molecule has 186 valence electrons. The first-order chi connectivity index (χ1) is 16.1. The first-order valence-corrected chi connectivity index (χ1v) is 13.7. The summed E-state index contributed by atoms with van der Waals surface area (Å²) in [5, 5.41) is 3.87. The summed E-state index contributed by atoms with van der Waals surface area (Å²) in [5.74, 6) is -0.275. The van der Waals surface area contributed by atoms with Crippen molar-refractivity contribution >= 4 is 33.4 Å². The number of nitrogens with two attached hydrogens (primary N) is 1. The molecule has 0 atom stereocenters.